The molecule has 1 aromatic heterocycles. The molecule has 0 bridgehead atoms. The van der Waals surface area contributed by atoms with E-state index in [0.29, 0.717) is 28.2 Å². The van der Waals surface area contributed by atoms with E-state index in [1.807, 2.05) is 6.92 Å². The molecule has 0 unspecified atom stereocenters. The lowest BCUT2D eigenvalue weighted by atomic mass is 10.1. The van der Waals surface area contributed by atoms with Crippen molar-refractivity contribution in [2.75, 3.05) is 21.3 Å². The van der Waals surface area contributed by atoms with Crippen molar-refractivity contribution in [2.24, 2.45) is 0 Å². The van der Waals surface area contributed by atoms with E-state index >= 15 is 0 Å². The molecule has 112 valence electrons. The predicted octanol–water partition coefficient (Wildman–Crippen LogP) is 3.74. The lowest BCUT2D eigenvalue weighted by molar-refractivity contribution is 0.324. The summed E-state index contributed by atoms with van der Waals surface area (Å²) in [6.07, 6.45) is 0. The first kappa shape index (κ1) is 16.1. The molecule has 0 aliphatic carbocycles. The smallest absolute Gasteiger partial charge is 0.203 e. The summed E-state index contributed by atoms with van der Waals surface area (Å²) in [7, 11) is 4.69. The average Bonchev–Trinajstić information content (AvgIpc) is 2.50. The monoisotopic (exact) mass is 420 g/mol. The quantitative estimate of drug-likeness (QED) is 0.557. The minimum absolute atomic E-state index is 0.423. The van der Waals surface area contributed by atoms with Gasteiger partial charge in [-0.1, -0.05) is 11.6 Å². The van der Waals surface area contributed by atoms with Crippen molar-refractivity contribution in [1.82, 2.24) is 9.97 Å². The van der Waals surface area contributed by atoms with Gasteiger partial charge in [0.2, 0.25) is 5.75 Å². The van der Waals surface area contributed by atoms with Crippen LogP contribution in [0, 0.1) is 10.5 Å². The van der Waals surface area contributed by atoms with Gasteiger partial charge < -0.3 is 14.2 Å². The third-order valence-corrected chi connectivity index (χ3v) is 4.78. The molecule has 0 spiro atoms. The van der Waals surface area contributed by atoms with E-state index in [0.717, 1.165) is 14.8 Å². The molecule has 0 radical (unpaired) electrons. The van der Waals surface area contributed by atoms with Crippen molar-refractivity contribution >= 4 is 34.2 Å². The molecule has 0 aliphatic heterocycles. The van der Waals surface area contributed by atoms with Gasteiger partial charge in [-0.15, -0.1) is 0 Å². The standard InChI is InChI=1S/C14H14ClIN2O3/c1-7-11(16)13(15)18-14(17-7)8-5-9(19-2)12(21-4)10(6-8)20-3/h5-6H,1-4H3. The Morgan fingerprint density at radius 3 is 2.00 bits per heavy atom. The molecule has 5 nitrogen and oxygen atoms in total. The molecule has 0 aliphatic rings. The first-order valence-corrected chi connectivity index (χ1v) is 7.47. The molecule has 2 aromatic rings. The number of aryl methyl sites for hydroxylation is 1. The number of aromatic nitrogens is 2. The predicted molar refractivity (Wildman–Crippen MR) is 89.6 cm³/mol. The molecular formula is C14H14ClIN2O3. The van der Waals surface area contributed by atoms with Crippen molar-refractivity contribution in [3.63, 3.8) is 0 Å². The molecular weight excluding hydrogens is 407 g/mol. The molecule has 0 saturated heterocycles. The first-order chi connectivity index (χ1) is 10.0. The van der Waals surface area contributed by atoms with Gasteiger partial charge in [0.05, 0.1) is 30.6 Å². The van der Waals surface area contributed by atoms with Crippen LogP contribution in [0.3, 0.4) is 0 Å². The Labute approximate surface area is 141 Å². The highest BCUT2D eigenvalue weighted by atomic mass is 127. The highest BCUT2D eigenvalue weighted by Crippen LogP contribution is 2.40. The molecule has 7 heteroatoms. The number of hydrogen-bond acceptors (Lipinski definition) is 5. The average molecular weight is 421 g/mol. The van der Waals surface area contributed by atoms with Crippen LogP contribution in [0.4, 0.5) is 0 Å². The van der Waals surface area contributed by atoms with Crippen LogP contribution in [-0.2, 0) is 0 Å². The van der Waals surface area contributed by atoms with Gasteiger partial charge in [0, 0.05) is 5.56 Å². The Morgan fingerprint density at radius 2 is 1.57 bits per heavy atom. The largest absolute Gasteiger partial charge is 0.493 e. The fourth-order valence-corrected chi connectivity index (χ4v) is 2.32. The lowest BCUT2D eigenvalue weighted by Gasteiger charge is -2.14. The zero-order valence-corrected chi connectivity index (χ0v) is 14.9. The third kappa shape index (κ3) is 3.16. The maximum Gasteiger partial charge on any atom is 0.203 e. The van der Waals surface area contributed by atoms with Crippen LogP contribution in [0.15, 0.2) is 12.1 Å². The van der Waals surface area contributed by atoms with Gasteiger partial charge in [-0.3, -0.25) is 0 Å². The zero-order chi connectivity index (χ0) is 15.6. The summed E-state index contributed by atoms with van der Waals surface area (Å²) in [4.78, 5) is 8.76. The van der Waals surface area contributed by atoms with E-state index in [-0.39, 0.29) is 0 Å². The van der Waals surface area contributed by atoms with Gasteiger partial charge in [-0.05, 0) is 41.6 Å². The zero-order valence-electron chi connectivity index (χ0n) is 12.0. The molecule has 2 rings (SSSR count). The maximum atomic E-state index is 6.13. The fraction of sp³-hybridized carbons (Fsp3) is 0.286. The van der Waals surface area contributed by atoms with Gasteiger partial charge in [-0.2, -0.15) is 0 Å². The summed E-state index contributed by atoms with van der Waals surface area (Å²) >= 11 is 8.25. The van der Waals surface area contributed by atoms with Gasteiger partial charge in [0.15, 0.2) is 17.3 Å². The summed E-state index contributed by atoms with van der Waals surface area (Å²) in [6, 6.07) is 3.58. The van der Waals surface area contributed by atoms with E-state index in [2.05, 4.69) is 32.6 Å². The molecule has 0 fully saturated rings. The number of hydrogen-bond donors (Lipinski definition) is 0. The van der Waals surface area contributed by atoms with Crippen LogP contribution in [0.2, 0.25) is 5.15 Å². The highest BCUT2D eigenvalue weighted by molar-refractivity contribution is 14.1. The second kappa shape index (κ2) is 6.65. The summed E-state index contributed by atoms with van der Waals surface area (Å²) in [5.74, 6) is 2.12. The van der Waals surface area contributed by atoms with Crippen LogP contribution >= 0.6 is 34.2 Å². The third-order valence-electron chi connectivity index (χ3n) is 2.90. The number of nitrogens with zero attached hydrogens (tertiary/aromatic N) is 2. The van der Waals surface area contributed by atoms with E-state index in [9.17, 15) is 0 Å². The number of methoxy groups -OCH3 is 3. The molecule has 0 amide bonds. The van der Waals surface area contributed by atoms with E-state index in [1.165, 1.54) is 0 Å². The Bertz CT molecular complexity index is 631. The van der Waals surface area contributed by atoms with Crippen molar-refractivity contribution in [1.29, 1.82) is 0 Å². The Morgan fingerprint density at radius 1 is 1.00 bits per heavy atom. The maximum absolute atomic E-state index is 6.13. The molecule has 1 aromatic carbocycles. The van der Waals surface area contributed by atoms with Crippen LogP contribution in [0.1, 0.15) is 5.69 Å². The van der Waals surface area contributed by atoms with Gasteiger partial charge in [0.25, 0.3) is 0 Å². The number of ether oxygens (including phenoxy) is 3. The molecule has 0 atom stereocenters. The van der Waals surface area contributed by atoms with E-state index < -0.39 is 0 Å². The Balaban J connectivity index is 2.64. The Kier molecular flexibility index (Phi) is 5.10. The fourth-order valence-electron chi connectivity index (χ4n) is 1.86. The SMILES string of the molecule is COc1cc(-c2nc(C)c(I)c(Cl)n2)cc(OC)c1OC. The topological polar surface area (TPSA) is 53.5 Å². The van der Waals surface area contributed by atoms with E-state index in [1.54, 1.807) is 33.5 Å². The first-order valence-electron chi connectivity index (χ1n) is 6.01. The molecule has 1 heterocycles. The van der Waals surface area contributed by atoms with E-state index in [4.69, 9.17) is 25.8 Å². The van der Waals surface area contributed by atoms with Gasteiger partial charge in [0.1, 0.15) is 5.15 Å². The number of benzene rings is 1. The van der Waals surface area contributed by atoms with Crippen LogP contribution < -0.4 is 14.2 Å². The van der Waals surface area contributed by atoms with Crippen molar-refractivity contribution in [2.45, 2.75) is 6.92 Å². The molecule has 0 saturated carbocycles. The minimum atomic E-state index is 0.423. The molecule has 21 heavy (non-hydrogen) atoms. The van der Waals surface area contributed by atoms with Crippen molar-refractivity contribution in [3.05, 3.63) is 26.5 Å². The summed E-state index contributed by atoms with van der Waals surface area (Å²) < 4.78 is 16.8. The summed E-state index contributed by atoms with van der Waals surface area (Å²) in [5, 5.41) is 0.423. The van der Waals surface area contributed by atoms with Gasteiger partial charge >= 0.3 is 0 Å². The van der Waals surface area contributed by atoms with Crippen LogP contribution in [-0.4, -0.2) is 31.3 Å². The number of rotatable bonds is 4. The van der Waals surface area contributed by atoms with Crippen molar-refractivity contribution in [3.8, 4) is 28.6 Å². The van der Waals surface area contributed by atoms with Gasteiger partial charge in [-0.25, -0.2) is 9.97 Å². The Hall–Kier alpha value is -1.28. The second-order valence-electron chi connectivity index (χ2n) is 4.15. The lowest BCUT2D eigenvalue weighted by Crippen LogP contribution is -1.99. The minimum Gasteiger partial charge on any atom is -0.493 e. The van der Waals surface area contributed by atoms with Crippen LogP contribution in [0.25, 0.3) is 11.4 Å². The summed E-state index contributed by atoms with van der Waals surface area (Å²) in [5.41, 5.74) is 1.56. The normalized spacial score (nSPS) is 10.4. The van der Waals surface area contributed by atoms with Crippen molar-refractivity contribution < 1.29 is 14.2 Å². The number of halogens is 2. The highest BCUT2D eigenvalue weighted by Gasteiger charge is 2.16. The summed E-state index contributed by atoms with van der Waals surface area (Å²) in [6.45, 7) is 1.89. The second-order valence-corrected chi connectivity index (χ2v) is 5.59. The van der Waals surface area contributed by atoms with Crippen LogP contribution in [0.5, 0.6) is 17.2 Å². The molecule has 0 N–H and O–H groups in total.